The molecular weight excluding hydrogens is 638 g/mol. The van der Waals surface area contributed by atoms with Crippen molar-refractivity contribution in [3.63, 3.8) is 0 Å². The molecule has 2 aliphatic heterocycles. The van der Waals surface area contributed by atoms with Crippen LogP contribution < -0.4 is 20.7 Å². The summed E-state index contributed by atoms with van der Waals surface area (Å²) in [5.74, 6) is 0.245. The molecular formula is C44H38NO2PS. The first kappa shape index (κ1) is 31.7. The van der Waals surface area contributed by atoms with Gasteiger partial charge in [0, 0.05) is 20.9 Å². The summed E-state index contributed by atoms with van der Waals surface area (Å²) >= 11 is 1.84. The molecule has 8 rings (SSSR count). The van der Waals surface area contributed by atoms with Crippen LogP contribution in [0, 0.1) is 0 Å². The Kier molecular flexibility index (Phi) is 8.70. The Morgan fingerprint density at radius 1 is 0.796 bits per heavy atom. The lowest BCUT2D eigenvalue weighted by Crippen LogP contribution is -2.26. The topological polar surface area (TPSA) is 38.7 Å². The van der Waals surface area contributed by atoms with Gasteiger partial charge in [0.2, 0.25) is 0 Å². The zero-order chi connectivity index (χ0) is 33.4. The van der Waals surface area contributed by atoms with Crippen LogP contribution in [-0.2, 0) is 5.41 Å². The average Bonchev–Trinajstić information content (AvgIpc) is 3.40. The van der Waals surface area contributed by atoms with Crippen molar-refractivity contribution in [3.8, 4) is 5.75 Å². The minimum Gasteiger partial charge on any atom is -0.423 e. The molecule has 0 atom stereocenters. The summed E-state index contributed by atoms with van der Waals surface area (Å²) in [6.07, 6.45) is 7.73. The molecule has 242 valence electrons. The van der Waals surface area contributed by atoms with Crippen molar-refractivity contribution in [2.24, 2.45) is 4.99 Å². The van der Waals surface area contributed by atoms with Crippen LogP contribution in [0.2, 0.25) is 0 Å². The second-order valence-electron chi connectivity index (χ2n) is 13.4. The van der Waals surface area contributed by atoms with Gasteiger partial charge in [-0.25, -0.2) is 4.79 Å². The second kappa shape index (κ2) is 13.4. The van der Waals surface area contributed by atoms with Crippen LogP contribution in [0.3, 0.4) is 0 Å². The van der Waals surface area contributed by atoms with Crippen molar-refractivity contribution in [3.05, 3.63) is 160 Å². The molecule has 5 aromatic carbocycles. The number of aliphatic imine (C=N–C) groups is 1. The van der Waals surface area contributed by atoms with E-state index in [0.717, 1.165) is 41.6 Å². The Morgan fingerprint density at radius 3 is 2.24 bits per heavy atom. The fraction of sp³-hybridized carbons (Fsp3) is 0.182. The molecule has 0 bridgehead atoms. The van der Waals surface area contributed by atoms with Gasteiger partial charge in [-0.2, -0.15) is 0 Å². The molecule has 1 aliphatic carbocycles. The maximum Gasteiger partial charge on any atom is 0.344 e. The van der Waals surface area contributed by atoms with Crippen molar-refractivity contribution in [1.29, 1.82) is 0 Å². The van der Waals surface area contributed by atoms with Gasteiger partial charge >= 0.3 is 5.97 Å². The van der Waals surface area contributed by atoms with Gasteiger partial charge in [0.25, 0.3) is 0 Å². The summed E-state index contributed by atoms with van der Waals surface area (Å²) in [4.78, 5) is 21.6. The van der Waals surface area contributed by atoms with Gasteiger partial charge in [-0.15, -0.1) is 0 Å². The molecule has 0 saturated heterocycles. The predicted octanol–water partition coefficient (Wildman–Crippen LogP) is 10.4. The Balaban J connectivity index is 1.04. The standard InChI is InChI=1S/C44H38NO2PS/c1-44(2)37-21-10-11-22-38(37)45-41(44)27-25-30-14-13-15-32-28-31-24-26-33(29-40(31)49-42(30)32)47-43(46)36-20-9-12-23-39(36)48(34-16-5-3-6-17-34)35-18-7-4-8-19-35/h3-12,16-24,26,28-29H,13-15,25,27H2,1-2H3. The number of carbonyl (C=O) groups is 1. The summed E-state index contributed by atoms with van der Waals surface area (Å²) in [6.45, 7) is 4.61. The highest BCUT2D eigenvalue weighted by molar-refractivity contribution is 8.03. The van der Waals surface area contributed by atoms with Gasteiger partial charge in [0.15, 0.2) is 0 Å². The van der Waals surface area contributed by atoms with Crippen molar-refractivity contribution >= 4 is 59.0 Å². The number of hydrogen-bond donors (Lipinski definition) is 0. The maximum absolute atomic E-state index is 13.9. The highest BCUT2D eigenvalue weighted by Crippen LogP contribution is 2.49. The Hall–Kier alpha value is -4.50. The quantitative estimate of drug-likeness (QED) is 0.0934. The van der Waals surface area contributed by atoms with Gasteiger partial charge in [0.05, 0.1) is 11.3 Å². The first-order valence-electron chi connectivity index (χ1n) is 17.1. The maximum atomic E-state index is 13.9. The zero-order valence-electron chi connectivity index (χ0n) is 27.9. The number of rotatable bonds is 8. The lowest BCUT2D eigenvalue weighted by atomic mass is 9.79. The summed E-state index contributed by atoms with van der Waals surface area (Å²) < 4.78 is 6.17. The van der Waals surface area contributed by atoms with Gasteiger partial charge in [-0.3, -0.25) is 4.99 Å². The van der Waals surface area contributed by atoms with Crippen molar-refractivity contribution in [2.45, 2.75) is 56.3 Å². The van der Waals surface area contributed by atoms with Crippen LogP contribution in [0.1, 0.15) is 67.4 Å². The Bertz CT molecular complexity index is 2110. The molecule has 5 heteroatoms. The van der Waals surface area contributed by atoms with Crippen LogP contribution in [0.15, 0.2) is 153 Å². The molecule has 5 aromatic rings. The third kappa shape index (κ3) is 6.25. The van der Waals surface area contributed by atoms with Crippen LogP contribution in [-0.4, -0.2) is 11.7 Å². The number of esters is 1. The number of carbonyl (C=O) groups excluding carboxylic acids is 1. The van der Waals surface area contributed by atoms with Crippen LogP contribution in [0.5, 0.6) is 5.75 Å². The zero-order valence-corrected chi connectivity index (χ0v) is 29.6. The van der Waals surface area contributed by atoms with E-state index in [1.165, 1.54) is 49.9 Å². The molecule has 0 amide bonds. The molecule has 0 radical (unpaired) electrons. The first-order valence-corrected chi connectivity index (χ1v) is 19.3. The second-order valence-corrected chi connectivity index (χ2v) is 16.6. The van der Waals surface area contributed by atoms with Gasteiger partial charge in [0.1, 0.15) is 5.75 Å². The SMILES string of the molecule is CC1(C)C(CCC2=C3Sc4cc(OC(=O)c5ccccc5P(c5ccccc5)c5ccccc5)ccc4C=C3CCC2)=Nc2ccccc21. The average molecular weight is 676 g/mol. The molecule has 3 aliphatic rings. The Morgan fingerprint density at radius 2 is 1.49 bits per heavy atom. The van der Waals surface area contributed by atoms with E-state index in [1.807, 2.05) is 54.2 Å². The van der Waals surface area contributed by atoms with Crippen molar-refractivity contribution < 1.29 is 9.53 Å². The Labute approximate surface area is 294 Å². The summed E-state index contributed by atoms with van der Waals surface area (Å²) in [5.41, 5.74) is 8.43. The summed E-state index contributed by atoms with van der Waals surface area (Å²) in [7, 11) is -0.950. The molecule has 0 fully saturated rings. The number of benzene rings is 5. The van der Waals surface area contributed by atoms with Crippen molar-refractivity contribution in [1.82, 2.24) is 0 Å². The molecule has 0 aromatic heterocycles. The molecule has 2 heterocycles. The van der Waals surface area contributed by atoms with Gasteiger partial charge < -0.3 is 4.74 Å². The fourth-order valence-corrected chi connectivity index (χ4v) is 11.0. The van der Waals surface area contributed by atoms with E-state index < -0.39 is 7.92 Å². The molecule has 3 nitrogen and oxygen atoms in total. The minimum absolute atomic E-state index is 0.0395. The highest BCUT2D eigenvalue weighted by atomic mass is 32.2. The third-order valence-electron chi connectivity index (χ3n) is 9.89. The van der Waals surface area contributed by atoms with Crippen LogP contribution in [0.25, 0.3) is 6.08 Å². The smallest absolute Gasteiger partial charge is 0.344 e. The van der Waals surface area contributed by atoms with E-state index >= 15 is 0 Å². The van der Waals surface area contributed by atoms with Crippen molar-refractivity contribution in [2.75, 3.05) is 0 Å². The number of fused-ring (bicyclic) bond motifs is 3. The first-order chi connectivity index (χ1) is 24.0. The van der Waals surface area contributed by atoms with Gasteiger partial charge in [-0.1, -0.05) is 134 Å². The van der Waals surface area contributed by atoms with Crippen LogP contribution in [0.4, 0.5) is 5.69 Å². The van der Waals surface area contributed by atoms with Gasteiger partial charge in [-0.05, 0) is 103 Å². The molecule has 49 heavy (non-hydrogen) atoms. The normalized spacial score (nSPS) is 16.0. The number of nitrogens with zero attached hydrogens (tertiary/aromatic N) is 1. The fourth-order valence-electron chi connectivity index (χ4n) is 7.31. The lowest BCUT2D eigenvalue weighted by molar-refractivity contribution is 0.0736. The third-order valence-corrected chi connectivity index (χ3v) is 13.7. The van der Waals surface area contributed by atoms with Crippen LogP contribution >= 0.6 is 19.7 Å². The van der Waals surface area contributed by atoms with E-state index in [1.54, 1.807) is 0 Å². The summed E-state index contributed by atoms with van der Waals surface area (Å²) in [6, 6.07) is 43.5. The molecule has 0 saturated carbocycles. The molecule has 0 N–H and O–H groups in total. The number of hydrogen-bond acceptors (Lipinski definition) is 4. The monoisotopic (exact) mass is 675 g/mol. The lowest BCUT2D eigenvalue weighted by Gasteiger charge is -2.28. The van der Waals surface area contributed by atoms with E-state index in [4.69, 9.17) is 9.73 Å². The highest BCUT2D eigenvalue weighted by Gasteiger charge is 2.35. The van der Waals surface area contributed by atoms with E-state index in [2.05, 4.69) is 105 Å². The summed E-state index contributed by atoms with van der Waals surface area (Å²) in [5, 5.41) is 3.39. The number of thioether (sulfide) groups is 1. The predicted molar refractivity (Wildman–Crippen MR) is 207 cm³/mol. The number of ether oxygens (including phenoxy) is 1. The minimum atomic E-state index is -0.950. The largest absolute Gasteiger partial charge is 0.423 e. The molecule has 0 unspecified atom stereocenters. The molecule has 0 spiro atoms. The number of allylic oxidation sites excluding steroid dienone is 2. The van der Waals surface area contributed by atoms with E-state index in [9.17, 15) is 4.79 Å². The number of para-hydroxylation sites is 1. The van der Waals surface area contributed by atoms with E-state index in [0.29, 0.717) is 11.3 Å². The van der Waals surface area contributed by atoms with E-state index in [-0.39, 0.29) is 11.4 Å².